The standard InChI is InChI=1S/C19H26N4O5/c1-12-18(26)20-15-8-13(4-5-16(15)22(12)3)19(27)23-6-7-28-14(10-23)9-21(2)11-17(24)25/h4-5,8,12,14H,6-7,9-11H2,1-3H3,(H,20,26)(H,24,25). The molecule has 2 aliphatic heterocycles. The molecule has 9 heteroatoms. The second-order valence-electron chi connectivity index (χ2n) is 7.34. The number of carbonyl (C=O) groups is 3. The molecule has 2 heterocycles. The van der Waals surface area contributed by atoms with Gasteiger partial charge in [0, 0.05) is 32.2 Å². The average molecular weight is 390 g/mol. The topological polar surface area (TPSA) is 102 Å². The number of carbonyl (C=O) groups excluding carboxylic acids is 2. The van der Waals surface area contributed by atoms with Crippen LogP contribution in [-0.2, 0) is 14.3 Å². The molecular formula is C19H26N4O5. The molecule has 2 N–H and O–H groups in total. The zero-order chi connectivity index (χ0) is 20.4. The second kappa shape index (κ2) is 8.15. The van der Waals surface area contributed by atoms with Gasteiger partial charge in [0.2, 0.25) is 5.91 Å². The molecule has 1 aromatic rings. The Morgan fingerprint density at radius 3 is 2.86 bits per heavy atom. The lowest BCUT2D eigenvalue weighted by Gasteiger charge is -2.35. The van der Waals surface area contributed by atoms with E-state index in [4.69, 9.17) is 9.84 Å². The Morgan fingerprint density at radius 2 is 2.14 bits per heavy atom. The third kappa shape index (κ3) is 4.26. The number of carboxylic acids is 1. The summed E-state index contributed by atoms with van der Waals surface area (Å²) in [5, 5.41) is 11.7. The van der Waals surface area contributed by atoms with Gasteiger partial charge in [-0.25, -0.2) is 0 Å². The summed E-state index contributed by atoms with van der Waals surface area (Å²) in [6.45, 7) is 3.44. The smallest absolute Gasteiger partial charge is 0.317 e. The number of ether oxygens (including phenoxy) is 1. The normalized spacial score (nSPS) is 22.1. The predicted molar refractivity (Wildman–Crippen MR) is 104 cm³/mol. The van der Waals surface area contributed by atoms with Crippen LogP contribution in [-0.4, -0.2) is 91.7 Å². The lowest BCUT2D eigenvalue weighted by atomic mass is 10.1. The van der Waals surface area contributed by atoms with Crippen molar-refractivity contribution in [1.29, 1.82) is 0 Å². The van der Waals surface area contributed by atoms with Crippen LogP contribution in [0, 0.1) is 0 Å². The summed E-state index contributed by atoms with van der Waals surface area (Å²) in [4.78, 5) is 41.1. The molecule has 0 aromatic heterocycles. The summed E-state index contributed by atoms with van der Waals surface area (Å²) in [7, 11) is 3.56. The molecule has 0 saturated carbocycles. The molecule has 2 unspecified atom stereocenters. The number of nitrogens with one attached hydrogen (secondary N) is 1. The van der Waals surface area contributed by atoms with Crippen molar-refractivity contribution < 1.29 is 24.2 Å². The van der Waals surface area contributed by atoms with Crippen molar-refractivity contribution >= 4 is 29.2 Å². The highest BCUT2D eigenvalue weighted by Crippen LogP contribution is 2.32. The first-order chi connectivity index (χ1) is 13.3. The first kappa shape index (κ1) is 20.1. The molecule has 152 valence electrons. The minimum atomic E-state index is -0.901. The molecule has 1 aromatic carbocycles. The fourth-order valence-electron chi connectivity index (χ4n) is 3.54. The van der Waals surface area contributed by atoms with Crippen LogP contribution >= 0.6 is 0 Å². The van der Waals surface area contributed by atoms with Gasteiger partial charge in [0.05, 0.1) is 30.6 Å². The van der Waals surface area contributed by atoms with Crippen LogP contribution in [0.1, 0.15) is 17.3 Å². The highest BCUT2D eigenvalue weighted by Gasteiger charge is 2.30. The van der Waals surface area contributed by atoms with Gasteiger partial charge in [0.15, 0.2) is 0 Å². The highest BCUT2D eigenvalue weighted by molar-refractivity contribution is 6.05. The van der Waals surface area contributed by atoms with Crippen LogP contribution in [0.25, 0.3) is 0 Å². The summed E-state index contributed by atoms with van der Waals surface area (Å²) in [6.07, 6.45) is -0.244. The van der Waals surface area contributed by atoms with Gasteiger partial charge in [-0.15, -0.1) is 0 Å². The summed E-state index contributed by atoms with van der Waals surface area (Å²) >= 11 is 0. The maximum absolute atomic E-state index is 13.0. The number of likely N-dealkylation sites (N-methyl/N-ethyl adjacent to an activating group) is 2. The molecule has 2 aliphatic rings. The van der Waals surface area contributed by atoms with Gasteiger partial charge < -0.3 is 25.0 Å². The Kier molecular flexibility index (Phi) is 5.85. The van der Waals surface area contributed by atoms with E-state index in [2.05, 4.69) is 5.32 Å². The number of amides is 2. The molecule has 0 bridgehead atoms. The summed E-state index contributed by atoms with van der Waals surface area (Å²) in [5.74, 6) is -1.14. The number of anilines is 2. The van der Waals surface area contributed by atoms with Crippen LogP contribution in [0.2, 0.25) is 0 Å². The van der Waals surface area contributed by atoms with Crippen molar-refractivity contribution in [3.63, 3.8) is 0 Å². The maximum atomic E-state index is 13.0. The number of morpholine rings is 1. The van der Waals surface area contributed by atoms with E-state index in [1.165, 1.54) is 0 Å². The molecule has 9 nitrogen and oxygen atoms in total. The lowest BCUT2D eigenvalue weighted by molar-refractivity contribution is -0.138. The van der Waals surface area contributed by atoms with Crippen LogP contribution in [0.5, 0.6) is 0 Å². The zero-order valence-corrected chi connectivity index (χ0v) is 16.3. The SMILES string of the molecule is CC1C(=O)Nc2cc(C(=O)N3CCOC(CN(C)CC(=O)O)C3)ccc2N1C. The molecule has 3 rings (SSSR count). The van der Waals surface area contributed by atoms with E-state index in [0.29, 0.717) is 37.5 Å². The van der Waals surface area contributed by atoms with E-state index < -0.39 is 5.97 Å². The van der Waals surface area contributed by atoms with Crippen molar-refractivity contribution in [3.05, 3.63) is 23.8 Å². The molecule has 1 fully saturated rings. The van der Waals surface area contributed by atoms with Gasteiger partial charge in [-0.3, -0.25) is 19.3 Å². The zero-order valence-electron chi connectivity index (χ0n) is 16.3. The number of hydrogen-bond donors (Lipinski definition) is 2. The first-order valence-electron chi connectivity index (χ1n) is 9.25. The van der Waals surface area contributed by atoms with Crippen molar-refractivity contribution in [3.8, 4) is 0 Å². The molecule has 28 heavy (non-hydrogen) atoms. The fourth-order valence-corrected chi connectivity index (χ4v) is 3.54. The van der Waals surface area contributed by atoms with E-state index in [-0.39, 0.29) is 30.5 Å². The third-order valence-corrected chi connectivity index (χ3v) is 5.19. The quantitative estimate of drug-likeness (QED) is 0.746. The Bertz CT molecular complexity index is 784. The monoisotopic (exact) mass is 390 g/mol. The van der Waals surface area contributed by atoms with E-state index in [1.54, 1.807) is 29.0 Å². The van der Waals surface area contributed by atoms with Gasteiger partial charge in [0.25, 0.3) is 5.91 Å². The number of rotatable bonds is 5. The second-order valence-corrected chi connectivity index (χ2v) is 7.34. The van der Waals surface area contributed by atoms with Gasteiger partial charge in [-0.05, 0) is 32.2 Å². The van der Waals surface area contributed by atoms with Crippen LogP contribution < -0.4 is 10.2 Å². The van der Waals surface area contributed by atoms with Gasteiger partial charge in [-0.2, -0.15) is 0 Å². The molecule has 2 atom stereocenters. The third-order valence-electron chi connectivity index (χ3n) is 5.19. The van der Waals surface area contributed by atoms with Crippen LogP contribution in [0.3, 0.4) is 0 Å². The molecule has 2 amide bonds. The van der Waals surface area contributed by atoms with Gasteiger partial charge in [0.1, 0.15) is 6.04 Å². The Hall–Kier alpha value is -2.65. The summed E-state index contributed by atoms with van der Waals surface area (Å²) < 4.78 is 5.68. The predicted octanol–water partition coefficient (Wildman–Crippen LogP) is 0.321. The van der Waals surface area contributed by atoms with Crippen LogP contribution in [0.15, 0.2) is 18.2 Å². The Labute approximate surface area is 163 Å². The first-order valence-corrected chi connectivity index (χ1v) is 9.25. The van der Waals surface area contributed by atoms with E-state index in [1.807, 2.05) is 24.9 Å². The minimum absolute atomic E-state index is 0.0791. The average Bonchev–Trinajstić information content (AvgIpc) is 2.64. The van der Waals surface area contributed by atoms with Crippen molar-refractivity contribution in [2.24, 2.45) is 0 Å². The Morgan fingerprint density at radius 1 is 1.39 bits per heavy atom. The number of fused-ring (bicyclic) bond motifs is 1. The van der Waals surface area contributed by atoms with Crippen molar-refractivity contribution in [1.82, 2.24) is 9.80 Å². The van der Waals surface area contributed by atoms with Crippen LogP contribution in [0.4, 0.5) is 11.4 Å². The lowest BCUT2D eigenvalue weighted by Crippen LogP contribution is -2.49. The molecule has 0 radical (unpaired) electrons. The molecule has 0 aliphatic carbocycles. The summed E-state index contributed by atoms with van der Waals surface area (Å²) in [5.41, 5.74) is 2.00. The number of hydrogen-bond acceptors (Lipinski definition) is 6. The van der Waals surface area contributed by atoms with Crippen molar-refractivity contribution in [2.45, 2.75) is 19.1 Å². The van der Waals surface area contributed by atoms with Gasteiger partial charge in [-0.1, -0.05) is 0 Å². The number of benzene rings is 1. The number of carboxylic acid groups (broad SMARTS) is 1. The maximum Gasteiger partial charge on any atom is 0.317 e. The van der Waals surface area contributed by atoms with E-state index in [9.17, 15) is 14.4 Å². The molecule has 0 spiro atoms. The fraction of sp³-hybridized carbons (Fsp3) is 0.526. The van der Waals surface area contributed by atoms with Gasteiger partial charge >= 0.3 is 5.97 Å². The molecule has 1 saturated heterocycles. The number of nitrogens with zero attached hydrogens (tertiary/aromatic N) is 3. The summed E-state index contributed by atoms with van der Waals surface area (Å²) in [6, 6.07) is 5.05. The minimum Gasteiger partial charge on any atom is -0.480 e. The van der Waals surface area contributed by atoms with E-state index >= 15 is 0 Å². The molecular weight excluding hydrogens is 364 g/mol. The van der Waals surface area contributed by atoms with E-state index in [0.717, 1.165) is 5.69 Å². The highest BCUT2D eigenvalue weighted by atomic mass is 16.5. The largest absolute Gasteiger partial charge is 0.480 e. The number of aliphatic carboxylic acids is 1. The Balaban J connectivity index is 1.69. The van der Waals surface area contributed by atoms with Crippen molar-refractivity contribution in [2.75, 3.05) is 57.1 Å².